The van der Waals surface area contributed by atoms with Gasteiger partial charge in [0, 0.05) is 24.3 Å². The summed E-state index contributed by atoms with van der Waals surface area (Å²) >= 11 is 0. The van der Waals surface area contributed by atoms with Crippen molar-refractivity contribution in [1.29, 1.82) is 0 Å². The lowest BCUT2D eigenvalue weighted by Gasteiger charge is -2.40. The summed E-state index contributed by atoms with van der Waals surface area (Å²) < 4.78 is 16.6. The Morgan fingerprint density at radius 2 is 1.96 bits per heavy atom. The molecule has 1 heterocycles. The van der Waals surface area contributed by atoms with Crippen LogP contribution in [0, 0.1) is 5.92 Å². The van der Waals surface area contributed by atoms with Gasteiger partial charge in [-0.05, 0) is 56.1 Å². The highest BCUT2D eigenvalue weighted by atomic mass is 16.5. The minimum absolute atomic E-state index is 0.0161. The third-order valence-corrected chi connectivity index (χ3v) is 5.89. The first-order chi connectivity index (χ1) is 12.9. The Morgan fingerprint density at radius 3 is 2.63 bits per heavy atom. The molecule has 0 spiro atoms. The standard InChI is InChI=1S/C22H31NO4/c1-15(2)12-21(24)27-17-8-9-22(10-11-23(3)20(22)14-17)16-6-7-18(25-4)19(13-16)26-5/h6-7,13-15,20H,8-12H2,1-5H3/t20?,22-/m0/s1. The highest BCUT2D eigenvalue weighted by molar-refractivity contribution is 5.70. The maximum atomic E-state index is 12.1. The van der Waals surface area contributed by atoms with Crippen LogP contribution < -0.4 is 9.47 Å². The number of fused-ring (bicyclic) bond motifs is 1. The van der Waals surface area contributed by atoms with Gasteiger partial charge in [0.2, 0.25) is 0 Å². The minimum atomic E-state index is -0.129. The molecular formula is C22H31NO4. The third kappa shape index (κ3) is 3.84. The number of methoxy groups -OCH3 is 2. The summed E-state index contributed by atoms with van der Waals surface area (Å²) in [6, 6.07) is 6.46. The monoisotopic (exact) mass is 373 g/mol. The molecule has 1 aliphatic heterocycles. The Bertz CT molecular complexity index is 727. The zero-order valence-electron chi connectivity index (χ0n) is 17.1. The number of likely N-dealkylation sites (tertiary alicyclic amines) is 1. The van der Waals surface area contributed by atoms with Gasteiger partial charge < -0.3 is 14.2 Å². The average Bonchev–Trinajstić information content (AvgIpc) is 2.98. The molecular weight excluding hydrogens is 342 g/mol. The van der Waals surface area contributed by atoms with Gasteiger partial charge in [-0.2, -0.15) is 0 Å². The zero-order chi connectivity index (χ0) is 19.6. The quantitative estimate of drug-likeness (QED) is 0.708. The Balaban J connectivity index is 1.89. The summed E-state index contributed by atoms with van der Waals surface area (Å²) in [4.78, 5) is 14.4. The Hall–Kier alpha value is -2.01. The number of benzene rings is 1. The predicted molar refractivity (Wildman–Crippen MR) is 105 cm³/mol. The molecule has 5 nitrogen and oxygen atoms in total. The Morgan fingerprint density at radius 1 is 1.22 bits per heavy atom. The van der Waals surface area contributed by atoms with E-state index in [1.54, 1.807) is 14.2 Å². The van der Waals surface area contributed by atoms with Crippen LogP contribution in [0.1, 0.15) is 45.1 Å². The van der Waals surface area contributed by atoms with E-state index in [1.807, 2.05) is 19.9 Å². The van der Waals surface area contributed by atoms with E-state index in [1.165, 1.54) is 5.56 Å². The summed E-state index contributed by atoms with van der Waals surface area (Å²) in [5, 5.41) is 0. The number of hydrogen-bond acceptors (Lipinski definition) is 5. The van der Waals surface area contributed by atoms with Gasteiger partial charge in [0.05, 0.1) is 14.2 Å². The number of hydrogen-bond donors (Lipinski definition) is 0. The molecule has 27 heavy (non-hydrogen) atoms. The number of nitrogens with zero attached hydrogens (tertiary/aromatic N) is 1. The van der Waals surface area contributed by atoms with E-state index < -0.39 is 0 Å². The lowest BCUT2D eigenvalue weighted by Crippen LogP contribution is -2.42. The molecule has 148 valence electrons. The summed E-state index contributed by atoms with van der Waals surface area (Å²) in [5.41, 5.74) is 1.28. The third-order valence-electron chi connectivity index (χ3n) is 5.89. The maximum absolute atomic E-state index is 12.1. The van der Waals surface area contributed by atoms with Gasteiger partial charge in [0.15, 0.2) is 11.5 Å². The maximum Gasteiger partial charge on any atom is 0.311 e. The summed E-state index contributed by atoms with van der Waals surface area (Å²) in [7, 11) is 5.47. The van der Waals surface area contributed by atoms with Gasteiger partial charge in [0.25, 0.3) is 0 Å². The lowest BCUT2D eigenvalue weighted by atomic mass is 9.68. The van der Waals surface area contributed by atoms with Crippen molar-refractivity contribution in [2.75, 3.05) is 27.8 Å². The molecule has 1 aliphatic carbocycles. The van der Waals surface area contributed by atoms with E-state index in [0.717, 1.165) is 43.1 Å². The SMILES string of the molecule is COc1ccc([C@@]23CCC(OC(=O)CC(C)C)=CC2N(C)CC3)cc1OC. The topological polar surface area (TPSA) is 48.0 Å². The summed E-state index contributed by atoms with van der Waals surface area (Å²) in [5.74, 6) is 2.50. The van der Waals surface area contributed by atoms with E-state index in [-0.39, 0.29) is 17.4 Å². The number of esters is 1. The number of allylic oxidation sites excluding steroid dienone is 1. The summed E-state index contributed by atoms with van der Waals surface area (Å²) in [6.07, 6.45) is 5.43. The second kappa shape index (κ2) is 7.93. The Labute approximate surface area is 162 Å². The van der Waals surface area contributed by atoms with Crippen LogP contribution in [0.3, 0.4) is 0 Å². The molecule has 0 bridgehead atoms. The number of carbonyl (C=O) groups is 1. The molecule has 3 rings (SSSR count). The van der Waals surface area contributed by atoms with Crippen molar-refractivity contribution in [2.24, 2.45) is 5.92 Å². The number of likely N-dealkylation sites (N-methyl/N-ethyl adjacent to an activating group) is 1. The second-order valence-electron chi connectivity index (χ2n) is 8.11. The number of rotatable bonds is 6. The minimum Gasteiger partial charge on any atom is -0.493 e. The van der Waals surface area contributed by atoms with Gasteiger partial charge in [0.1, 0.15) is 5.76 Å². The molecule has 1 fully saturated rings. The molecule has 0 aromatic heterocycles. The molecule has 1 unspecified atom stereocenters. The van der Waals surface area contributed by atoms with Gasteiger partial charge in [-0.15, -0.1) is 0 Å². The fourth-order valence-corrected chi connectivity index (χ4v) is 4.46. The lowest BCUT2D eigenvalue weighted by molar-refractivity contribution is -0.140. The first-order valence-corrected chi connectivity index (χ1v) is 9.73. The van der Waals surface area contributed by atoms with Crippen LogP contribution in [0.25, 0.3) is 0 Å². The molecule has 5 heteroatoms. The number of ether oxygens (including phenoxy) is 3. The smallest absolute Gasteiger partial charge is 0.311 e. The van der Waals surface area contributed by atoms with E-state index in [4.69, 9.17) is 14.2 Å². The molecule has 0 amide bonds. The molecule has 1 saturated heterocycles. The van der Waals surface area contributed by atoms with Crippen LogP contribution >= 0.6 is 0 Å². The molecule has 2 aliphatic rings. The molecule has 2 atom stereocenters. The van der Waals surface area contributed by atoms with Crippen molar-refractivity contribution in [3.05, 3.63) is 35.6 Å². The molecule has 0 saturated carbocycles. The van der Waals surface area contributed by atoms with E-state index in [9.17, 15) is 4.79 Å². The van der Waals surface area contributed by atoms with Crippen molar-refractivity contribution in [1.82, 2.24) is 4.90 Å². The fourth-order valence-electron chi connectivity index (χ4n) is 4.46. The average molecular weight is 373 g/mol. The Kier molecular flexibility index (Phi) is 5.80. The van der Waals surface area contributed by atoms with E-state index in [2.05, 4.69) is 30.2 Å². The van der Waals surface area contributed by atoms with Gasteiger partial charge in [-0.3, -0.25) is 9.69 Å². The van der Waals surface area contributed by atoms with Crippen LogP contribution in [0.2, 0.25) is 0 Å². The number of carbonyl (C=O) groups excluding carboxylic acids is 1. The molecule has 0 N–H and O–H groups in total. The first-order valence-electron chi connectivity index (χ1n) is 9.73. The van der Waals surface area contributed by atoms with E-state index in [0.29, 0.717) is 12.3 Å². The van der Waals surface area contributed by atoms with Crippen LogP contribution in [0.4, 0.5) is 0 Å². The molecule has 1 aromatic rings. The molecule has 0 radical (unpaired) electrons. The van der Waals surface area contributed by atoms with Gasteiger partial charge in [-0.25, -0.2) is 0 Å². The van der Waals surface area contributed by atoms with Crippen LogP contribution in [0.15, 0.2) is 30.0 Å². The van der Waals surface area contributed by atoms with Gasteiger partial charge in [-0.1, -0.05) is 19.9 Å². The largest absolute Gasteiger partial charge is 0.493 e. The van der Waals surface area contributed by atoms with Crippen molar-refractivity contribution in [3.8, 4) is 11.5 Å². The second-order valence-corrected chi connectivity index (χ2v) is 8.11. The zero-order valence-corrected chi connectivity index (χ0v) is 17.1. The predicted octanol–water partition coefficient (Wildman–Crippen LogP) is 3.91. The van der Waals surface area contributed by atoms with Crippen LogP contribution in [-0.2, 0) is 14.9 Å². The van der Waals surface area contributed by atoms with Crippen LogP contribution in [-0.4, -0.2) is 44.7 Å². The van der Waals surface area contributed by atoms with Crippen molar-refractivity contribution < 1.29 is 19.0 Å². The van der Waals surface area contributed by atoms with Crippen molar-refractivity contribution >= 4 is 5.97 Å². The van der Waals surface area contributed by atoms with Crippen molar-refractivity contribution in [3.63, 3.8) is 0 Å². The normalized spacial score (nSPS) is 25.1. The van der Waals surface area contributed by atoms with Gasteiger partial charge >= 0.3 is 5.97 Å². The highest BCUT2D eigenvalue weighted by Crippen LogP contribution is 2.49. The summed E-state index contributed by atoms with van der Waals surface area (Å²) in [6.45, 7) is 5.08. The fraction of sp³-hybridized carbons (Fsp3) is 0.591. The molecule has 1 aromatic carbocycles. The first kappa shape index (κ1) is 19.7. The van der Waals surface area contributed by atoms with Crippen LogP contribution in [0.5, 0.6) is 11.5 Å². The van der Waals surface area contributed by atoms with Crippen molar-refractivity contribution in [2.45, 2.75) is 51.0 Å². The highest BCUT2D eigenvalue weighted by Gasteiger charge is 2.48. The van der Waals surface area contributed by atoms with E-state index >= 15 is 0 Å².